The molecule has 0 spiro atoms. The SMILES string of the molecule is c1ccc(-c2ccc(N(c3ccc4c(c3)sc3ccccc34)c3ccccc3-c3cccc4ccc5sc6ccccc6c5c34)cc2)cc1. The van der Waals surface area contributed by atoms with Crippen LogP contribution in [0.4, 0.5) is 17.1 Å². The lowest BCUT2D eigenvalue weighted by molar-refractivity contribution is 1.29. The van der Waals surface area contributed by atoms with E-state index in [1.165, 1.54) is 73.4 Å². The van der Waals surface area contributed by atoms with Gasteiger partial charge in [0.15, 0.2) is 0 Å². The Morgan fingerprint density at radius 2 is 0.980 bits per heavy atom. The van der Waals surface area contributed by atoms with E-state index in [0.717, 1.165) is 17.1 Å². The number of anilines is 3. The molecule has 8 aromatic carbocycles. The molecule has 0 radical (unpaired) electrons. The largest absolute Gasteiger partial charge is 0.310 e. The highest BCUT2D eigenvalue weighted by Gasteiger charge is 2.21. The lowest BCUT2D eigenvalue weighted by atomic mass is 9.93. The van der Waals surface area contributed by atoms with Crippen molar-refractivity contribution in [1.82, 2.24) is 0 Å². The predicted molar refractivity (Wildman–Crippen MR) is 215 cm³/mol. The Balaban J connectivity index is 1.23. The Labute approximate surface area is 292 Å². The van der Waals surface area contributed by atoms with Crippen LogP contribution in [0, 0.1) is 0 Å². The van der Waals surface area contributed by atoms with Crippen LogP contribution in [0.5, 0.6) is 0 Å². The summed E-state index contributed by atoms with van der Waals surface area (Å²) in [6.45, 7) is 0. The summed E-state index contributed by atoms with van der Waals surface area (Å²) >= 11 is 3.74. The Bertz CT molecular complexity index is 2830. The maximum atomic E-state index is 2.44. The topological polar surface area (TPSA) is 3.24 Å². The van der Waals surface area contributed by atoms with Crippen molar-refractivity contribution >= 4 is 90.9 Å². The van der Waals surface area contributed by atoms with Crippen LogP contribution in [-0.2, 0) is 0 Å². The van der Waals surface area contributed by atoms with E-state index in [4.69, 9.17) is 0 Å². The van der Waals surface area contributed by atoms with Crippen molar-refractivity contribution in [3.63, 3.8) is 0 Å². The number of para-hydroxylation sites is 1. The molecule has 0 aliphatic heterocycles. The van der Waals surface area contributed by atoms with Gasteiger partial charge in [-0.1, -0.05) is 127 Å². The second kappa shape index (κ2) is 11.5. The van der Waals surface area contributed by atoms with Crippen LogP contribution >= 0.6 is 22.7 Å². The van der Waals surface area contributed by atoms with Crippen LogP contribution in [-0.4, -0.2) is 0 Å². The minimum atomic E-state index is 1.12. The number of nitrogens with zero attached hydrogens (tertiary/aromatic N) is 1. The van der Waals surface area contributed by atoms with E-state index >= 15 is 0 Å². The van der Waals surface area contributed by atoms with Crippen molar-refractivity contribution < 1.29 is 0 Å². The zero-order valence-electron chi connectivity index (χ0n) is 26.5. The highest BCUT2D eigenvalue weighted by molar-refractivity contribution is 7.26. The van der Waals surface area contributed by atoms with E-state index in [-0.39, 0.29) is 0 Å². The molecule has 0 saturated heterocycles. The summed E-state index contributed by atoms with van der Waals surface area (Å²) in [5.41, 5.74) is 8.30. The lowest BCUT2D eigenvalue weighted by Crippen LogP contribution is -2.11. The quantitative estimate of drug-likeness (QED) is 0.178. The highest BCUT2D eigenvalue weighted by Crippen LogP contribution is 2.47. The normalized spacial score (nSPS) is 11.7. The maximum Gasteiger partial charge on any atom is 0.0540 e. The summed E-state index contributed by atoms with van der Waals surface area (Å²) in [6.07, 6.45) is 0. The van der Waals surface area contributed by atoms with Crippen LogP contribution < -0.4 is 4.90 Å². The first-order valence-electron chi connectivity index (χ1n) is 16.6. The van der Waals surface area contributed by atoms with Gasteiger partial charge >= 0.3 is 0 Å². The van der Waals surface area contributed by atoms with Gasteiger partial charge in [0, 0.05) is 57.3 Å². The smallest absolute Gasteiger partial charge is 0.0540 e. The van der Waals surface area contributed by atoms with Gasteiger partial charge in [0.1, 0.15) is 0 Å². The minimum absolute atomic E-state index is 1.12. The second-order valence-electron chi connectivity index (χ2n) is 12.5. The summed E-state index contributed by atoms with van der Waals surface area (Å²) < 4.78 is 5.25. The van der Waals surface area contributed by atoms with Crippen molar-refractivity contribution in [3.8, 4) is 22.3 Å². The first-order valence-corrected chi connectivity index (χ1v) is 18.2. The highest BCUT2D eigenvalue weighted by atomic mass is 32.1. The van der Waals surface area contributed by atoms with Gasteiger partial charge in [0.25, 0.3) is 0 Å². The standard InChI is InChI=1S/C46H29NS2/c1-2-11-30(12-3-1)31-21-24-33(25-22-31)47(34-26-27-37-36-15-5-8-19-41(36)49-44(37)29-34)40-18-7-4-14-35(40)38-17-10-13-32-23-28-43-46(45(32)38)39-16-6-9-20-42(39)48-43/h1-29H. The fourth-order valence-corrected chi connectivity index (χ4v) is 9.68. The molecular formula is C46H29NS2. The van der Waals surface area contributed by atoms with E-state index in [2.05, 4.69) is 181 Å². The monoisotopic (exact) mass is 659 g/mol. The first kappa shape index (κ1) is 28.3. The van der Waals surface area contributed by atoms with Gasteiger partial charge in [-0.15, -0.1) is 22.7 Å². The third-order valence-electron chi connectivity index (χ3n) is 9.67. The van der Waals surface area contributed by atoms with Crippen molar-refractivity contribution in [2.75, 3.05) is 4.90 Å². The summed E-state index contributed by atoms with van der Waals surface area (Å²) in [5, 5.41) is 7.85. The summed E-state index contributed by atoms with van der Waals surface area (Å²) in [5.74, 6) is 0. The van der Waals surface area contributed by atoms with Crippen molar-refractivity contribution in [3.05, 3.63) is 176 Å². The van der Waals surface area contributed by atoms with E-state index in [1.807, 2.05) is 22.7 Å². The van der Waals surface area contributed by atoms with Gasteiger partial charge in [0.05, 0.1) is 5.69 Å². The Morgan fingerprint density at radius 1 is 0.347 bits per heavy atom. The number of benzene rings is 8. The minimum Gasteiger partial charge on any atom is -0.310 e. The molecular weight excluding hydrogens is 631 g/mol. The van der Waals surface area contributed by atoms with Gasteiger partial charge < -0.3 is 4.90 Å². The summed E-state index contributed by atoms with van der Waals surface area (Å²) in [7, 11) is 0. The number of rotatable bonds is 5. The fourth-order valence-electron chi connectivity index (χ4n) is 7.43. The molecule has 0 fully saturated rings. The van der Waals surface area contributed by atoms with E-state index < -0.39 is 0 Å². The van der Waals surface area contributed by atoms with E-state index in [9.17, 15) is 0 Å². The van der Waals surface area contributed by atoms with Crippen molar-refractivity contribution in [2.24, 2.45) is 0 Å². The molecule has 3 heteroatoms. The first-order chi connectivity index (χ1) is 24.3. The predicted octanol–water partition coefficient (Wildman–Crippen LogP) is 14.4. The van der Waals surface area contributed by atoms with Crippen molar-refractivity contribution in [2.45, 2.75) is 0 Å². The Morgan fingerprint density at radius 3 is 1.84 bits per heavy atom. The van der Waals surface area contributed by atoms with Crippen LogP contribution in [0.3, 0.4) is 0 Å². The van der Waals surface area contributed by atoms with Crippen LogP contribution in [0.25, 0.3) is 73.4 Å². The molecule has 0 atom stereocenters. The zero-order valence-corrected chi connectivity index (χ0v) is 28.1. The molecule has 0 saturated carbocycles. The third-order valence-corrected chi connectivity index (χ3v) is 11.9. The molecule has 2 aromatic heterocycles. The number of fused-ring (bicyclic) bond motifs is 8. The molecule has 10 rings (SSSR count). The molecule has 0 aliphatic carbocycles. The van der Waals surface area contributed by atoms with E-state index in [0.29, 0.717) is 0 Å². The fraction of sp³-hybridized carbons (Fsp3) is 0. The molecule has 49 heavy (non-hydrogen) atoms. The van der Waals surface area contributed by atoms with Gasteiger partial charge in [0.2, 0.25) is 0 Å². The van der Waals surface area contributed by atoms with Gasteiger partial charge in [-0.25, -0.2) is 0 Å². The Kier molecular flexibility index (Phi) is 6.61. The molecule has 0 bridgehead atoms. The van der Waals surface area contributed by atoms with Gasteiger partial charge in [-0.2, -0.15) is 0 Å². The van der Waals surface area contributed by atoms with Crippen molar-refractivity contribution in [1.29, 1.82) is 0 Å². The summed E-state index contributed by atoms with van der Waals surface area (Å²) in [6, 6.07) is 64.4. The van der Waals surface area contributed by atoms with Gasteiger partial charge in [-0.05, 0) is 76.0 Å². The molecule has 1 nitrogen and oxygen atoms in total. The zero-order chi connectivity index (χ0) is 32.3. The van der Waals surface area contributed by atoms with Crippen LogP contribution in [0.1, 0.15) is 0 Å². The third kappa shape index (κ3) is 4.66. The second-order valence-corrected chi connectivity index (χ2v) is 14.7. The van der Waals surface area contributed by atoms with Crippen LogP contribution in [0.15, 0.2) is 176 Å². The summed E-state index contributed by atoms with van der Waals surface area (Å²) in [4.78, 5) is 2.44. The van der Waals surface area contributed by atoms with E-state index in [1.54, 1.807) is 0 Å². The van der Waals surface area contributed by atoms with Crippen LogP contribution in [0.2, 0.25) is 0 Å². The maximum absolute atomic E-state index is 2.44. The number of thiophene rings is 2. The van der Waals surface area contributed by atoms with Gasteiger partial charge in [-0.3, -0.25) is 0 Å². The molecule has 0 unspecified atom stereocenters. The molecule has 0 aliphatic rings. The average molecular weight is 660 g/mol. The molecule has 10 aromatic rings. The molecule has 2 heterocycles. The number of hydrogen-bond acceptors (Lipinski definition) is 3. The Hall–Kier alpha value is -5.74. The average Bonchev–Trinajstić information content (AvgIpc) is 3.74. The molecule has 230 valence electrons. The molecule has 0 amide bonds. The lowest BCUT2D eigenvalue weighted by Gasteiger charge is -2.28. The molecule has 0 N–H and O–H groups in total. The number of hydrogen-bond donors (Lipinski definition) is 0.